The molecular formula is C50H38N8O2. The van der Waals surface area contributed by atoms with Crippen LogP contribution in [0.3, 0.4) is 0 Å². The van der Waals surface area contributed by atoms with Crippen molar-refractivity contribution in [2.45, 2.75) is 27.7 Å². The van der Waals surface area contributed by atoms with E-state index < -0.39 is 0 Å². The van der Waals surface area contributed by atoms with Gasteiger partial charge in [0.05, 0.1) is 56.2 Å². The summed E-state index contributed by atoms with van der Waals surface area (Å²) in [5.74, 6) is 2.60. The van der Waals surface area contributed by atoms with Gasteiger partial charge in [0.25, 0.3) is 12.7 Å². The molecule has 4 aromatic carbocycles. The fraction of sp³-hybridized carbons (Fsp3) is 0.0800. The molecule has 10 heteroatoms. The minimum atomic E-state index is 0.627. The van der Waals surface area contributed by atoms with E-state index in [1.807, 2.05) is 125 Å². The molecule has 10 aromatic rings. The summed E-state index contributed by atoms with van der Waals surface area (Å²) < 4.78 is 21.1. The van der Waals surface area contributed by atoms with Crippen molar-refractivity contribution in [3.8, 4) is 57.1 Å². The molecule has 0 aliphatic carbocycles. The molecule has 60 heavy (non-hydrogen) atoms. The van der Waals surface area contributed by atoms with E-state index in [-0.39, 0.29) is 0 Å². The molecule has 6 heterocycles. The van der Waals surface area contributed by atoms with E-state index in [2.05, 4.69) is 99.4 Å². The van der Waals surface area contributed by atoms with Gasteiger partial charge in [-0.2, -0.15) is 0 Å². The summed E-state index contributed by atoms with van der Waals surface area (Å²) in [6, 6.07) is 48.2. The molecule has 0 spiro atoms. The molecule has 10 rings (SSSR count). The number of rotatable bonds is 9. The van der Waals surface area contributed by atoms with Gasteiger partial charge in [-0.15, -0.1) is 0 Å². The molecule has 6 aromatic heterocycles. The molecule has 0 aliphatic heterocycles. The first-order valence-electron chi connectivity index (χ1n) is 19.6. The van der Waals surface area contributed by atoms with Crippen molar-refractivity contribution < 1.29 is 18.6 Å². The van der Waals surface area contributed by atoms with Gasteiger partial charge in [0, 0.05) is 47.3 Å². The molecule has 290 valence electrons. The van der Waals surface area contributed by atoms with Gasteiger partial charge in [-0.25, -0.2) is 0 Å². The quantitative estimate of drug-likeness (QED) is 0.107. The zero-order valence-electron chi connectivity index (χ0n) is 33.4. The summed E-state index contributed by atoms with van der Waals surface area (Å²) in [6.07, 6.45) is 10.6. The molecule has 0 fully saturated rings. The second-order valence-corrected chi connectivity index (χ2v) is 14.7. The topological polar surface area (TPSA) is 87.6 Å². The monoisotopic (exact) mass is 782 g/mol. The second kappa shape index (κ2) is 15.1. The molecule has 10 nitrogen and oxygen atoms in total. The molecule has 0 bridgehead atoms. The number of para-hydroxylation sites is 4. The van der Waals surface area contributed by atoms with Gasteiger partial charge in [0.1, 0.15) is 23.0 Å². The van der Waals surface area contributed by atoms with Gasteiger partial charge >= 0.3 is 0 Å². The zero-order valence-corrected chi connectivity index (χ0v) is 33.4. The van der Waals surface area contributed by atoms with E-state index in [1.165, 1.54) is 0 Å². The van der Waals surface area contributed by atoms with Crippen LogP contribution in [0.5, 0.6) is 23.0 Å². The predicted molar refractivity (Wildman–Crippen MR) is 229 cm³/mol. The number of hydrogen-bond acceptors (Lipinski definition) is 6. The average molecular weight is 783 g/mol. The number of aryl methyl sites for hydroxylation is 4. The molecular weight excluding hydrogens is 745 g/mol. The standard InChI is InChI=1S/C50H38N8O2/c1-33-23-39(24-34(2)53-33)57-31-55(47-15-5-7-17-49(47)57)37-11-9-13-41(27-37)59-43-19-21-51-45(29-43)46-30-44(20-22-52-46)60-42-14-10-12-38(28-42)56-32-58(50-18-8-6-16-48(50)56)40-25-35(3)54-36(4)26-40/h5-30H,1-4H3. The SMILES string of the molecule is Cc1cc(-n2[c-][n+](-c3cccc(Oc4ccnc(-c5cc(Oc6cccc(-[n+]7[c-]n(-c8cc(C)nc(C)c8)c8ccccc87)c6)ccn5)c4)c3)c3ccccc32)cc(C)n1. The summed E-state index contributed by atoms with van der Waals surface area (Å²) in [6.45, 7) is 8.03. The van der Waals surface area contributed by atoms with Gasteiger partial charge in [-0.1, -0.05) is 60.7 Å². The highest BCUT2D eigenvalue weighted by Crippen LogP contribution is 2.30. The average Bonchev–Trinajstić information content (AvgIpc) is 3.84. The number of imidazole rings is 2. The number of fused-ring (bicyclic) bond motifs is 2. The Hall–Kier alpha value is -7.98. The van der Waals surface area contributed by atoms with Crippen LogP contribution in [0.4, 0.5) is 0 Å². The lowest BCUT2D eigenvalue weighted by Crippen LogP contribution is -2.29. The van der Waals surface area contributed by atoms with Crippen molar-refractivity contribution >= 4 is 22.1 Å². The second-order valence-electron chi connectivity index (χ2n) is 14.7. The zero-order chi connectivity index (χ0) is 40.7. The third kappa shape index (κ3) is 7.11. The van der Waals surface area contributed by atoms with Crippen LogP contribution >= 0.6 is 0 Å². The minimum Gasteiger partial charge on any atom is -0.458 e. The van der Waals surface area contributed by atoms with Crippen molar-refractivity contribution in [2.24, 2.45) is 0 Å². The maximum Gasteiger partial charge on any atom is 0.269 e. The van der Waals surface area contributed by atoms with Gasteiger partial charge in [-0.05, 0) is 100 Å². The van der Waals surface area contributed by atoms with Crippen LogP contribution in [0.15, 0.2) is 158 Å². The number of hydrogen-bond donors (Lipinski definition) is 0. The molecule has 0 saturated heterocycles. The van der Waals surface area contributed by atoms with Crippen molar-refractivity contribution in [3.63, 3.8) is 0 Å². The maximum atomic E-state index is 6.44. The Morgan fingerprint density at radius 2 is 0.833 bits per heavy atom. The Morgan fingerprint density at radius 3 is 1.27 bits per heavy atom. The molecule has 0 N–H and O–H groups in total. The summed E-state index contributed by atoms with van der Waals surface area (Å²) >= 11 is 0. The molecule has 0 radical (unpaired) electrons. The summed E-state index contributed by atoms with van der Waals surface area (Å²) in [7, 11) is 0. The predicted octanol–water partition coefficient (Wildman–Crippen LogP) is 9.79. The molecule has 0 amide bonds. The Morgan fingerprint density at radius 1 is 0.433 bits per heavy atom. The number of benzene rings is 4. The van der Waals surface area contributed by atoms with E-state index in [1.54, 1.807) is 12.4 Å². The van der Waals surface area contributed by atoms with Crippen molar-refractivity contribution in [1.82, 2.24) is 29.1 Å². The van der Waals surface area contributed by atoms with E-state index in [9.17, 15) is 0 Å². The number of ether oxygens (including phenoxy) is 2. The molecule has 0 saturated carbocycles. The summed E-state index contributed by atoms with van der Waals surface area (Å²) in [5.41, 5.74) is 13.1. The van der Waals surface area contributed by atoms with Crippen LogP contribution in [-0.2, 0) is 0 Å². The van der Waals surface area contributed by atoms with Crippen LogP contribution in [-0.4, -0.2) is 29.1 Å². The number of aromatic nitrogens is 8. The highest BCUT2D eigenvalue weighted by Gasteiger charge is 2.16. The van der Waals surface area contributed by atoms with Gasteiger partial charge in [-0.3, -0.25) is 38.2 Å². The van der Waals surface area contributed by atoms with E-state index >= 15 is 0 Å². The first-order valence-corrected chi connectivity index (χ1v) is 19.6. The van der Waals surface area contributed by atoms with Crippen LogP contribution in [0, 0.1) is 40.3 Å². The largest absolute Gasteiger partial charge is 0.458 e. The van der Waals surface area contributed by atoms with Crippen LogP contribution in [0.2, 0.25) is 0 Å². The smallest absolute Gasteiger partial charge is 0.269 e. The first kappa shape index (κ1) is 36.4. The fourth-order valence-electron chi connectivity index (χ4n) is 7.64. The Balaban J connectivity index is 0.902. The van der Waals surface area contributed by atoms with Crippen molar-refractivity contribution in [3.05, 3.63) is 193 Å². The molecule has 0 atom stereocenters. The summed E-state index contributed by atoms with van der Waals surface area (Å²) in [4.78, 5) is 18.4. The van der Waals surface area contributed by atoms with Crippen LogP contribution in [0.25, 0.3) is 56.2 Å². The van der Waals surface area contributed by atoms with Gasteiger partial charge < -0.3 is 9.47 Å². The van der Waals surface area contributed by atoms with Crippen LogP contribution in [0.1, 0.15) is 22.8 Å². The number of pyridine rings is 4. The van der Waals surface area contributed by atoms with E-state index in [0.29, 0.717) is 34.4 Å². The Kier molecular flexibility index (Phi) is 9.14. The van der Waals surface area contributed by atoms with Gasteiger partial charge in [0.2, 0.25) is 0 Å². The lowest BCUT2D eigenvalue weighted by Gasteiger charge is -2.11. The molecule has 0 unspecified atom stereocenters. The lowest BCUT2D eigenvalue weighted by molar-refractivity contribution is -0.572. The van der Waals surface area contributed by atoms with Crippen LogP contribution < -0.4 is 18.6 Å². The Labute approximate surface area is 346 Å². The normalized spacial score (nSPS) is 11.3. The Bertz CT molecular complexity index is 2980. The van der Waals surface area contributed by atoms with Gasteiger partial charge in [0.15, 0.2) is 0 Å². The van der Waals surface area contributed by atoms with Crippen molar-refractivity contribution in [1.29, 1.82) is 0 Å². The third-order valence-electron chi connectivity index (χ3n) is 10.1. The number of nitrogens with zero attached hydrogens (tertiary/aromatic N) is 8. The first-order chi connectivity index (χ1) is 29.3. The summed E-state index contributed by atoms with van der Waals surface area (Å²) in [5, 5.41) is 0. The highest BCUT2D eigenvalue weighted by atomic mass is 16.5. The molecule has 0 aliphatic rings. The lowest BCUT2D eigenvalue weighted by atomic mass is 10.2. The fourth-order valence-corrected chi connectivity index (χ4v) is 7.64. The van der Waals surface area contributed by atoms with E-state index in [0.717, 1.165) is 67.6 Å². The third-order valence-corrected chi connectivity index (χ3v) is 10.1. The minimum absolute atomic E-state index is 0.627. The highest BCUT2D eigenvalue weighted by molar-refractivity contribution is 5.75. The van der Waals surface area contributed by atoms with E-state index in [4.69, 9.17) is 9.47 Å². The maximum absolute atomic E-state index is 6.44. The van der Waals surface area contributed by atoms with Crippen molar-refractivity contribution in [2.75, 3.05) is 0 Å².